The Bertz CT molecular complexity index is 326. The monoisotopic (exact) mass is 273 g/mol. The van der Waals surface area contributed by atoms with Crippen molar-refractivity contribution >= 4 is 23.6 Å². The van der Waals surface area contributed by atoms with Crippen LogP contribution in [0.2, 0.25) is 0 Å². The van der Waals surface area contributed by atoms with Crippen LogP contribution in [0.5, 0.6) is 0 Å². The van der Waals surface area contributed by atoms with Gasteiger partial charge in [-0.25, -0.2) is 4.79 Å². The lowest BCUT2D eigenvalue weighted by Gasteiger charge is -2.32. The van der Waals surface area contributed by atoms with Crippen LogP contribution >= 0.6 is 11.8 Å². The van der Waals surface area contributed by atoms with Crippen molar-refractivity contribution in [3.63, 3.8) is 0 Å². The van der Waals surface area contributed by atoms with Crippen molar-refractivity contribution in [2.45, 2.75) is 56.7 Å². The highest BCUT2D eigenvalue weighted by Gasteiger charge is 2.43. The Morgan fingerprint density at radius 2 is 2.17 bits per heavy atom. The zero-order valence-corrected chi connectivity index (χ0v) is 12.5. The van der Waals surface area contributed by atoms with Gasteiger partial charge in [-0.05, 0) is 38.9 Å². The predicted molar refractivity (Wildman–Crippen MR) is 73.6 cm³/mol. The molecule has 0 spiro atoms. The Morgan fingerprint density at radius 3 is 2.61 bits per heavy atom. The molecule has 1 rings (SSSR count). The van der Waals surface area contributed by atoms with Gasteiger partial charge in [-0.1, -0.05) is 13.3 Å². The van der Waals surface area contributed by atoms with Gasteiger partial charge >= 0.3 is 5.97 Å². The number of hydrogen-bond donors (Lipinski definition) is 1. The van der Waals surface area contributed by atoms with Crippen LogP contribution in [0.1, 0.15) is 46.5 Å². The summed E-state index contributed by atoms with van der Waals surface area (Å²) in [6.07, 6.45) is 3.33. The predicted octanol–water partition coefficient (Wildman–Crippen LogP) is 2.12. The molecule has 104 valence electrons. The van der Waals surface area contributed by atoms with Gasteiger partial charge in [-0.15, -0.1) is 11.8 Å². The van der Waals surface area contributed by atoms with Crippen LogP contribution < -0.4 is 5.32 Å². The molecule has 2 atom stereocenters. The highest BCUT2D eigenvalue weighted by molar-refractivity contribution is 8.01. The molecule has 1 aliphatic rings. The molecule has 1 saturated heterocycles. The summed E-state index contributed by atoms with van der Waals surface area (Å²) < 4.78 is 4.40. The maximum atomic E-state index is 12.3. The number of carbonyl (C=O) groups is 2. The first kappa shape index (κ1) is 15.3. The summed E-state index contributed by atoms with van der Waals surface area (Å²) in [5.41, 5.74) is -0.910. The van der Waals surface area contributed by atoms with Crippen molar-refractivity contribution in [3.05, 3.63) is 0 Å². The van der Waals surface area contributed by atoms with E-state index in [1.165, 1.54) is 7.11 Å². The second-order valence-corrected chi connectivity index (χ2v) is 6.81. The quantitative estimate of drug-likeness (QED) is 0.780. The molecule has 5 heteroatoms. The summed E-state index contributed by atoms with van der Waals surface area (Å²) in [5.74, 6) is 0.586. The van der Waals surface area contributed by atoms with Gasteiger partial charge in [-0.2, -0.15) is 0 Å². The van der Waals surface area contributed by atoms with E-state index in [-0.39, 0.29) is 11.9 Å². The van der Waals surface area contributed by atoms with Crippen molar-refractivity contribution in [2.75, 3.05) is 12.9 Å². The van der Waals surface area contributed by atoms with Gasteiger partial charge in [0, 0.05) is 0 Å². The Labute approximate surface area is 113 Å². The van der Waals surface area contributed by atoms with Crippen LogP contribution in [0.4, 0.5) is 0 Å². The number of esters is 1. The van der Waals surface area contributed by atoms with Gasteiger partial charge < -0.3 is 10.1 Å². The molecule has 1 amide bonds. The van der Waals surface area contributed by atoms with Crippen molar-refractivity contribution in [2.24, 2.45) is 0 Å². The van der Waals surface area contributed by atoms with Crippen LogP contribution in [0.15, 0.2) is 0 Å². The van der Waals surface area contributed by atoms with E-state index in [1.807, 2.05) is 13.8 Å². The van der Waals surface area contributed by atoms with Gasteiger partial charge in [0.15, 0.2) is 0 Å². The molecular formula is C13H23NO3S. The molecule has 0 aromatic carbocycles. The van der Waals surface area contributed by atoms with E-state index in [0.717, 1.165) is 25.0 Å². The standard InChI is InChI=1S/C13H23NO3S/c1-5-7-12(2,11(16)17-4)14-10(15)13(3)8-6-9-18-13/h5-9H2,1-4H3,(H,14,15). The van der Waals surface area contributed by atoms with Gasteiger partial charge in [0.05, 0.1) is 11.9 Å². The highest BCUT2D eigenvalue weighted by Crippen LogP contribution is 2.38. The minimum atomic E-state index is -0.910. The molecule has 0 aliphatic carbocycles. The number of amides is 1. The summed E-state index contributed by atoms with van der Waals surface area (Å²) in [6, 6.07) is 0. The second-order valence-electron chi connectivity index (χ2n) is 5.21. The van der Waals surface area contributed by atoms with E-state index < -0.39 is 10.3 Å². The molecule has 4 nitrogen and oxygen atoms in total. The Kier molecular flexibility index (Phi) is 5.08. The first-order valence-corrected chi connectivity index (χ1v) is 7.41. The summed E-state index contributed by atoms with van der Waals surface area (Å²) in [4.78, 5) is 24.2. The van der Waals surface area contributed by atoms with Crippen LogP contribution in [-0.2, 0) is 14.3 Å². The zero-order chi connectivity index (χ0) is 13.8. The molecule has 18 heavy (non-hydrogen) atoms. The topological polar surface area (TPSA) is 55.4 Å². The largest absolute Gasteiger partial charge is 0.467 e. The minimum Gasteiger partial charge on any atom is -0.467 e. The SMILES string of the molecule is CCCC(C)(NC(=O)C1(C)CCCS1)C(=O)OC. The maximum Gasteiger partial charge on any atom is 0.331 e. The molecule has 1 heterocycles. The number of thioether (sulfide) groups is 1. The van der Waals surface area contributed by atoms with Crippen molar-refractivity contribution in [1.82, 2.24) is 5.32 Å². The third-order valence-corrected chi connectivity index (χ3v) is 4.99. The van der Waals surface area contributed by atoms with E-state index in [1.54, 1.807) is 18.7 Å². The average Bonchev–Trinajstić information content (AvgIpc) is 2.76. The van der Waals surface area contributed by atoms with E-state index in [0.29, 0.717) is 6.42 Å². The molecule has 1 fully saturated rings. The van der Waals surface area contributed by atoms with Crippen molar-refractivity contribution < 1.29 is 14.3 Å². The fourth-order valence-electron chi connectivity index (χ4n) is 2.28. The van der Waals surface area contributed by atoms with Crippen molar-refractivity contribution in [3.8, 4) is 0 Å². The fraction of sp³-hybridized carbons (Fsp3) is 0.846. The third-order valence-electron chi connectivity index (χ3n) is 3.47. The van der Waals surface area contributed by atoms with Crippen LogP contribution in [-0.4, -0.2) is 35.0 Å². The van der Waals surface area contributed by atoms with E-state index >= 15 is 0 Å². The summed E-state index contributed by atoms with van der Waals surface area (Å²) in [7, 11) is 1.36. The van der Waals surface area contributed by atoms with Gasteiger partial charge in [0.2, 0.25) is 5.91 Å². The second kappa shape index (κ2) is 5.95. The van der Waals surface area contributed by atoms with E-state index in [4.69, 9.17) is 4.74 Å². The number of ether oxygens (including phenoxy) is 1. The van der Waals surface area contributed by atoms with Gasteiger partial charge in [0.25, 0.3) is 0 Å². The van der Waals surface area contributed by atoms with Crippen LogP contribution in [0, 0.1) is 0 Å². The molecule has 0 saturated carbocycles. The lowest BCUT2D eigenvalue weighted by atomic mass is 9.94. The molecule has 1 aliphatic heterocycles. The van der Waals surface area contributed by atoms with E-state index in [9.17, 15) is 9.59 Å². The molecule has 0 aromatic heterocycles. The summed E-state index contributed by atoms with van der Waals surface area (Å²) in [6.45, 7) is 5.67. The number of rotatable bonds is 5. The lowest BCUT2D eigenvalue weighted by Crippen LogP contribution is -2.57. The Balaban J connectivity index is 2.77. The van der Waals surface area contributed by atoms with Crippen LogP contribution in [0.3, 0.4) is 0 Å². The normalized spacial score (nSPS) is 26.4. The number of methoxy groups -OCH3 is 1. The first-order chi connectivity index (χ1) is 8.38. The smallest absolute Gasteiger partial charge is 0.331 e. The number of nitrogens with one attached hydrogen (secondary N) is 1. The van der Waals surface area contributed by atoms with Gasteiger partial charge in [-0.3, -0.25) is 4.79 Å². The summed E-state index contributed by atoms with van der Waals surface area (Å²) in [5, 5.41) is 2.89. The lowest BCUT2D eigenvalue weighted by molar-refractivity contribution is -0.150. The first-order valence-electron chi connectivity index (χ1n) is 6.43. The number of hydrogen-bond acceptors (Lipinski definition) is 4. The average molecular weight is 273 g/mol. The fourth-order valence-corrected chi connectivity index (χ4v) is 3.49. The van der Waals surface area contributed by atoms with Gasteiger partial charge in [0.1, 0.15) is 5.54 Å². The molecule has 0 radical (unpaired) electrons. The Hall–Kier alpha value is -0.710. The molecular weight excluding hydrogens is 250 g/mol. The Morgan fingerprint density at radius 1 is 1.50 bits per heavy atom. The van der Waals surface area contributed by atoms with Crippen molar-refractivity contribution in [1.29, 1.82) is 0 Å². The molecule has 0 bridgehead atoms. The minimum absolute atomic E-state index is 0.0497. The molecule has 2 unspecified atom stereocenters. The summed E-state index contributed by atoms with van der Waals surface area (Å²) >= 11 is 1.67. The zero-order valence-electron chi connectivity index (χ0n) is 11.7. The maximum absolute atomic E-state index is 12.3. The van der Waals surface area contributed by atoms with Crippen LogP contribution in [0.25, 0.3) is 0 Å². The highest BCUT2D eigenvalue weighted by atomic mass is 32.2. The molecule has 0 aromatic rings. The number of carbonyl (C=O) groups excluding carboxylic acids is 2. The van der Waals surface area contributed by atoms with E-state index in [2.05, 4.69) is 5.32 Å². The molecule has 1 N–H and O–H groups in total. The third kappa shape index (κ3) is 3.19.